The molecule has 24 heavy (non-hydrogen) atoms. The van der Waals surface area contributed by atoms with Gasteiger partial charge in [0, 0.05) is 38.6 Å². The minimum atomic E-state index is -0.190. The second-order valence-corrected chi connectivity index (χ2v) is 6.32. The molecule has 1 aromatic heterocycles. The quantitative estimate of drug-likeness (QED) is 0.936. The predicted octanol–water partition coefficient (Wildman–Crippen LogP) is 3.39. The van der Waals surface area contributed by atoms with Crippen LogP contribution in [0.1, 0.15) is 29.8 Å². The molecule has 3 rings (SSSR count). The highest BCUT2D eigenvalue weighted by Crippen LogP contribution is 2.22. The molecule has 0 radical (unpaired) electrons. The molecule has 0 aliphatic carbocycles. The average molecular weight is 324 g/mol. The number of nitrogens with zero attached hydrogens (tertiary/aromatic N) is 3. The minimum Gasteiger partial charge on any atom is -0.372 e. The Labute approximate surface area is 143 Å². The van der Waals surface area contributed by atoms with E-state index in [0.717, 1.165) is 24.6 Å². The highest BCUT2D eigenvalue weighted by atomic mass is 16.1. The van der Waals surface area contributed by atoms with Gasteiger partial charge in [-0.15, -0.1) is 0 Å². The Kier molecular flexibility index (Phi) is 4.99. The van der Waals surface area contributed by atoms with Gasteiger partial charge in [0.2, 0.25) is 0 Å². The number of rotatable bonds is 4. The van der Waals surface area contributed by atoms with Crippen LogP contribution >= 0.6 is 0 Å². The topological polar surface area (TPSA) is 48.5 Å². The van der Waals surface area contributed by atoms with Crippen molar-refractivity contribution in [3.63, 3.8) is 0 Å². The number of carbonyl (C=O) groups is 1. The highest BCUT2D eigenvalue weighted by molar-refractivity contribution is 6.03. The second-order valence-electron chi connectivity index (χ2n) is 6.32. The van der Waals surface area contributed by atoms with Gasteiger partial charge in [0.05, 0.1) is 0 Å². The van der Waals surface area contributed by atoms with Gasteiger partial charge < -0.3 is 15.1 Å². The molecule has 2 aromatic rings. The maximum absolute atomic E-state index is 12.4. The number of nitrogens with one attached hydrogen (secondary N) is 1. The van der Waals surface area contributed by atoms with Gasteiger partial charge in [-0.25, -0.2) is 4.98 Å². The fourth-order valence-corrected chi connectivity index (χ4v) is 2.90. The summed E-state index contributed by atoms with van der Waals surface area (Å²) < 4.78 is 0. The van der Waals surface area contributed by atoms with Crippen LogP contribution in [0.3, 0.4) is 0 Å². The molecule has 126 valence electrons. The Morgan fingerprint density at radius 2 is 1.75 bits per heavy atom. The van der Waals surface area contributed by atoms with Crippen molar-refractivity contribution in [2.45, 2.75) is 19.3 Å². The van der Waals surface area contributed by atoms with Crippen molar-refractivity contribution in [2.24, 2.45) is 0 Å². The van der Waals surface area contributed by atoms with Crippen LogP contribution in [-0.2, 0) is 0 Å². The van der Waals surface area contributed by atoms with Crippen molar-refractivity contribution >= 4 is 23.1 Å². The third-order valence-electron chi connectivity index (χ3n) is 4.27. The van der Waals surface area contributed by atoms with Crippen molar-refractivity contribution in [3.05, 3.63) is 48.2 Å². The SMILES string of the molecule is CN(C)c1cccc(C(=O)Nc2ccc(N3CCCCC3)cc2)n1. The zero-order chi connectivity index (χ0) is 16.9. The first-order valence-electron chi connectivity index (χ1n) is 8.44. The second kappa shape index (κ2) is 7.34. The molecule has 1 aliphatic rings. The Morgan fingerprint density at radius 3 is 2.42 bits per heavy atom. The van der Waals surface area contributed by atoms with Crippen molar-refractivity contribution in [3.8, 4) is 0 Å². The standard InChI is InChI=1S/C19H24N4O/c1-22(2)18-8-6-7-17(21-18)19(24)20-15-9-11-16(12-10-15)23-13-4-3-5-14-23/h6-12H,3-5,13-14H2,1-2H3,(H,20,24). The number of hydrogen-bond donors (Lipinski definition) is 1. The summed E-state index contributed by atoms with van der Waals surface area (Å²) in [4.78, 5) is 21.0. The van der Waals surface area contributed by atoms with Crippen molar-refractivity contribution in [1.82, 2.24) is 4.98 Å². The van der Waals surface area contributed by atoms with E-state index < -0.39 is 0 Å². The molecule has 0 unspecified atom stereocenters. The summed E-state index contributed by atoms with van der Waals surface area (Å²) in [7, 11) is 3.81. The number of pyridine rings is 1. The number of amides is 1. The van der Waals surface area contributed by atoms with Gasteiger partial charge >= 0.3 is 0 Å². The van der Waals surface area contributed by atoms with Crippen LogP contribution in [-0.4, -0.2) is 38.1 Å². The van der Waals surface area contributed by atoms with E-state index in [9.17, 15) is 4.79 Å². The molecule has 0 bridgehead atoms. The molecule has 1 amide bonds. The largest absolute Gasteiger partial charge is 0.372 e. The number of hydrogen-bond acceptors (Lipinski definition) is 4. The highest BCUT2D eigenvalue weighted by Gasteiger charge is 2.12. The van der Waals surface area contributed by atoms with E-state index in [1.54, 1.807) is 6.07 Å². The lowest BCUT2D eigenvalue weighted by atomic mass is 10.1. The van der Waals surface area contributed by atoms with Gasteiger partial charge in [-0.3, -0.25) is 4.79 Å². The van der Waals surface area contributed by atoms with Gasteiger partial charge in [0.1, 0.15) is 11.5 Å². The molecule has 5 heteroatoms. The van der Waals surface area contributed by atoms with Crippen molar-refractivity contribution in [1.29, 1.82) is 0 Å². The van der Waals surface area contributed by atoms with Crippen LogP contribution < -0.4 is 15.1 Å². The van der Waals surface area contributed by atoms with E-state index in [2.05, 4.69) is 27.3 Å². The zero-order valence-corrected chi connectivity index (χ0v) is 14.3. The molecule has 0 spiro atoms. The maximum atomic E-state index is 12.4. The molecule has 1 N–H and O–H groups in total. The summed E-state index contributed by atoms with van der Waals surface area (Å²) in [5.41, 5.74) is 2.43. The fourth-order valence-electron chi connectivity index (χ4n) is 2.90. The molecular weight excluding hydrogens is 300 g/mol. The molecule has 5 nitrogen and oxygen atoms in total. The maximum Gasteiger partial charge on any atom is 0.274 e. The molecule has 1 aliphatic heterocycles. The number of benzene rings is 1. The van der Waals surface area contributed by atoms with Gasteiger partial charge in [-0.05, 0) is 55.7 Å². The van der Waals surface area contributed by atoms with E-state index in [-0.39, 0.29) is 5.91 Å². The molecule has 1 fully saturated rings. The number of piperidine rings is 1. The summed E-state index contributed by atoms with van der Waals surface area (Å²) in [6, 6.07) is 13.5. The van der Waals surface area contributed by atoms with E-state index in [1.165, 1.54) is 24.9 Å². The summed E-state index contributed by atoms with van der Waals surface area (Å²) in [6.45, 7) is 2.24. The molecule has 1 aromatic carbocycles. The number of aromatic nitrogens is 1. The van der Waals surface area contributed by atoms with Gasteiger partial charge in [0.25, 0.3) is 5.91 Å². The van der Waals surface area contributed by atoms with E-state index in [4.69, 9.17) is 0 Å². The van der Waals surface area contributed by atoms with E-state index in [1.807, 2.05) is 43.3 Å². The first-order valence-corrected chi connectivity index (χ1v) is 8.44. The summed E-state index contributed by atoms with van der Waals surface area (Å²) in [5.74, 6) is 0.576. The molecule has 0 atom stereocenters. The Bertz CT molecular complexity index is 691. The summed E-state index contributed by atoms with van der Waals surface area (Å²) in [6.07, 6.45) is 3.84. The number of anilines is 3. The smallest absolute Gasteiger partial charge is 0.274 e. The Morgan fingerprint density at radius 1 is 1.04 bits per heavy atom. The third-order valence-corrected chi connectivity index (χ3v) is 4.27. The third kappa shape index (κ3) is 3.85. The number of carbonyl (C=O) groups excluding carboxylic acids is 1. The van der Waals surface area contributed by atoms with E-state index in [0.29, 0.717) is 5.69 Å². The van der Waals surface area contributed by atoms with Crippen LogP contribution in [0.15, 0.2) is 42.5 Å². The van der Waals surface area contributed by atoms with Crippen LogP contribution in [0.4, 0.5) is 17.2 Å². The first kappa shape index (κ1) is 16.3. The van der Waals surface area contributed by atoms with Crippen LogP contribution in [0.2, 0.25) is 0 Å². The van der Waals surface area contributed by atoms with Crippen LogP contribution in [0.25, 0.3) is 0 Å². The Balaban J connectivity index is 1.67. The van der Waals surface area contributed by atoms with Gasteiger partial charge in [-0.1, -0.05) is 6.07 Å². The van der Waals surface area contributed by atoms with E-state index >= 15 is 0 Å². The Hall–Kier alpha value is -2.56. The zero-order valence-electron chi connectivity index (χ0n) is 14.3. The molecule has 0 saturated carbocycles. The molecular formula is C19H24N4O. The van der Waals surface area contributed by atoms with Gasteiger partial charge in [-0.2, -0.15) is 0 Å². The predicted molar refractivity (Wildman–Crippen MR) is 99.0 cm³/mol. The fraction of sp³-hybridized carbons (Fsp3) is 0.368. The summed E-state index contributed by atoms with van der Waals surface area (Å²) >= 11 is 0. The molecule has 1 saturated heterocycles. The van der Waals surface area contributed by atoms with Crippen molar-refractivity contribution < 1.29 is 4.79 Å². The summed E-state index contributed by atoms with van der Waals surface area (Å²) in [5, 5.41) is 2.92. The minimum absolute atomic E-state index is 0.190. The van der Waals surface area contributed by atoms with Crippen LogP contribution in [0.5, 0.6) is 0 Å². The normalized spacial score (nSPS) is 14.3. The lowest BCUT2D eigenvalue weighted by molar-refractivity contribution is 0.102. The lowest BCUT2D eigenvalue weighted by Crippen LogP contribution is -2.29. The first-order chi connectivity index (χ1) is 11.6. The average Bonchev–Trinajstić information content (AvgIpc) is 2.63. The van der Waals surface area contributed by atoms with Crippen LogP contribution in [0, 0.1) is 0 Å². The molecule has 2 heterocycles. The van der Waals surface area contributed by atoms with Crippen molar-refractivity contribution in [2.75, 3.05) is 42.3 Å². The lowest BCUT2D eigenvalue weighted by Gasteiger charge is -2.28. The monoisotopic (exact) mass is 324 g/mol. The van der Waals surface area contributed by atoms with Gasteiger partial charge in [0.15, 0.2) is 0 Å².